The highest BCUT2D eigenvalue weighted by atomic mass is 32.2. The highest BCUT2D eigenvalue weighted by Crippen LogP contribution is 2.20. The highest BCUT2D eigenvalue weighted by molar-refractivity contribution is 7.99. The monoisotopic (exact) mass is 255 g/mol. The van der Waals surface area contributed by atoms with Crippen molar-refractivity contribution in [2.45, 2.75) is 17.9 Å². The quantitative estimate of drug-likeness (QED) is 0.728. The molecule has 0 heterocycles. The molecular weight excluding hydrogens is 238 g/mol. The molecule has 3 N–H and O–H groups in total. The van der Waals surface area contributed by atoms with E-state index in [0.717, 1.165) is 11.3 Å². The van der Waals surface area contributed by atoms with Gasteiger partial charge in [-0.15, -0.1) is 11.8 Å². The lowest BCUT2D eigenvalue weighted by molar-refractivity contribution is -0.142. The van der Waals surface area contributed by atoms with E-state index in [1.807, 2.05) is 24.3 Å². The Hall–Kier alpha value is -1.04. The van der Waals surface area contributed by atoms with Gasteiger partial charge >= 0.3 is 5.97 Å². The molecule has 1 aromatic carbocycles. The fourth-order valence-corrected chi connectivity index (χ4v) is 2.01. The van der Waals surface area contributed by atoms with Crippen LogP contribution in [0.3, 0.4) is 0 Å². The van der Waals surface area contributed by atoms with Gasteiger partial charge in [0.2, 0.25) is 0 Å². The number of hydrogen-bond donors (Lipinski definition) is 2. The Kier molecular flexibility index (Phi) is 6.04. The first-order valence-corrected chi connectivity index (χ1v) is 6.40. The van der Waals surface area contributed by atoms with Crippen molar-refractivity contribution >= 4 is 17.7 Å². The Bertz CT molecular complexity index is 353. The lowest BCUT2D eigenvalue weighted by Gasteiger charge is -2.12. The van der Waals surface area contributed by atoms with Crippen LogP contribution in [0.4, 0.5) is 0 Å². The van der Waals surface area contributed by atoms with Gasteiger partial charge < -0.3 is 15.6 Å². The smallest absolute Gasteiger partial charge is 0.329 e. The maximum atomic E-state index is 10.3. The first kappa shape index (κ1) is 14.0. The van der Waals surface area contributed by atoms with E-state index in [2.05, 4.69) is 6.92 Å². The Morgan fingerprint density at radius 2 is 2.12 bits per heavy atom. The molecule has 4 nitrogen and oxygen atoms in total. The van der Waals surface area contributed by atoms with E-state index in [1.54, 1.807) is 11.8 Å². The second-order valence-electron chi connectivity index (χ2n) is 3.52. The van der Waals surface area contributed by atoms with Crippen LogP contribution in [0.5, 0.6) is 0 Å². The van der Waals surface area contributed by atoms with Crippen LogP contribution in [-0.4, -0.2) is 30.0 Å². The zero-order chi connectivity index (χ0) is 12.7. The highest BCUT2D eigenvalue weighted by Gasteiger charge is 2.07. The van der Waals surface area contributed by atoms with E-state index in [4.69, 9.17) is 15.6 Å². The summed E-state index contributed by atoms with van der Waals surface area (Å²) in [4.78, 5) is 11.5. The van der Waals surface area contributed by atoms with Gasteiger partial charge in [-0.3, -0.25) is 0 Å². The summed E-state index contributed by atoms with van der Waals surface area (Å²) in [6.07, 6.45) is 0. The molecular formula is C12H17NO3S. The van der Waals surface area contributed by atoms with E-state index in [1.165, 1.54) is 4.90 Å². The molecule has 0 radical (unpaired) electrons. The fourth-order valence-electron chi connectivity index (χ4n) is 1.35. The molecule has 0 fully saturated rings. The molecule has 94 valence electrons. The molecule has 17 heavy (non-hydrogen) atoms. The van der Waals surface area contributed by atoms with Crippen molar-refractivity contribution in [1.82, 2.24) is 0 Å². The fraction of sp³-hybridized carbons (Fsp3) is 0.417. The minimum atomic E-state index is -0.980. The van der Waals surface area contributed by atoms with Crippen LogP contribution in [0.15, 0.2) is 29.2 Å². The second kappa shape index (κ2) is 7.32. The molecule has 0 aliphatic heterocycles. The lowest BCUT2D eigenvalue weighted by Crippen LogP contribution is -2.19. The zero-order valence-corrected chi connectivity index (χ0v) is 10.6. The van der Waals surface area contributed by atoms with Gasteiger partial charge in [-0.05, 0) is 23.4 Å². The Morgan fingerprint density at radius 1 is 1.47 bits per heavy atom. The number of benzene rings is 1. The molecule has 0 aliphatic carbocycles. The third-order valence-corrected chi connectivity index (χ3v) is 3.04. The van der Waals surface area contributed by atoms with Crippen LogP contribution in [0.1, 0.15) is 18.5 Å². The molecule has 5 heteroatoms. The topological polar surface area (TPSA) is 72.5 Å². The van der Waals surface area contributed by atoms with Gasteiger partial charge in [0, 0.05) is 4.90 Å². The average molecular weight is 255 g/mol. The van der Waals surface area contributed by atoms with E-state index >= 15 is 0 Å². The minimum Gasteiger partial charge on any atom is -0.480 e. The van der Waals surface area contributed by atoms with Gasteiger partial charge in [-0.1, -0.05) is 19.1 Å². The Morgan fingerprint density at radius 3 is 2.65 bits per heavy atom. The van der Waals surface area contributed by atoms with Crippen LogP contribution >= 0.6 is 11.8 Å². The van der Waals surface area contributed by atoms with Crippen molar-refractivity contribution in [1.29, 1.82) is 0 Å². The van der Waals surface area contributed by atoms with Crippen molar-refractivity contribution < 1.29 is 14.6 Å². The Balaban J connectivity index is 2.45. The van der Waals surface area contributed by atoms with E-state index in [9.17, 15) is 4.79 Å². The van der Waals surface area contributed by atoms with Gasteiger partial charge in [-0.25, -0.2) is 4.79 Å². The van der Waals surface area contributed by atoms with Crippen LogP contribution < -0.4 is 5.73 Å². The van der Waals surface area contributed by atoms with Gasteiger partial charge in [-0.2, -0.15) is 0 Å². The number of carboxylic acid groups (broad SMARTS) is 1. The number of carboxylic acids is 1. The van der Waals surface area contributed by atoms with Crippen LogP contribution in [-0.2, 0) is 9.53 Å². The number of hydrogen-bond acceptors (Lipinski definition) is 4. The molecule has 0 aromatic heterocycles. The van der Waals surface area contributed by atoms with Crippen LogP contribution in [0.2, 0.25) is 0 Å². The molecule has 0 amide bonds. The van der Waals surface area contributed by atoms with Crippen molar-refractivity contribution in [2.24, 2.45) is 5.73 Å². The third-order valence-electron chi connectivity index (χ3n) is 2.14. The van der Waals surface area contributed by atoms with Crippen molar-refractivity contribution in [3.05, 3.63) is 29.8 Å². The maximum Gasteiger partial charge on any atom is 0.329 e. The van der Waals surface area contributed by atoms with Gasteiger partial charge in [0.15, 0.2) is 0 Å². The summed E-state index contributed by atoms with van der Waals surface area (Å²) in [5.41, 5.74) is 6.83. The second-order valence-corrected chi connectivity index (χ2v) is 4.85. The zero-order valence-electron chi connectivity index (χ0n) is 9.76. The summed E-state index contributed by atoms with van der Waals surface area (Å²) >= 11 is 1.77. The number of carbonyl (C=O) groups is 1. The normalized spacial score (nSPS) is 12.4. The first-order valence-electron chi connectivity index (χ1n) is 5.41. The van der Waals surface area contributed by atoms with Crippen LogP contribution in [0.25, 0.3) is 0 Å². The molecule has 1 rings (SSSR count). The van der Waals surface area contributed by atoms with Gasteiger partial charge in [0.25, 0.3) is 0 Å². The summed E-state index contributed by atoms with van der Waals surface area (Å²) in [7, 11) is 0. The third kappa shape index (κ3) is 5.21. The van der Waals surface area contributed by atoms with E-state index < -0.39 is 5.97 Å². The molecule has 1 aromatic rings. The summed E-state index contributed by atoms with van der Waals surface area (Å²) in [5.74, 6) is 0.0551. The molecule has 1 unspecified atom stereocenters. The molecule has 0 saturated carbocycles. The maximum absolute atomic E-state index is 10.3. The molecule has 0 aliphatic rings. The number of aliphatic carboxylic acids is 1. The molecule has 0 spiro atoms. The number of rotatable bonds is 7. The summed E-state index contributed by atoms with van der Waals surface area (Å²) < 4.78 is 4.96. The van der Waals surface area contributed by atoms with Gasteiger partial charge in [0.05, 0.1) is 12.6 Å². The van der Waals surface area contributed by atoms with Gasteiger partial charge in [0.1, 0.15) is 6.61 Å². The lowest BCUT2D eigenvalue weighted by atomic mass is 10.1. The number of thioether (sulfide) groups is 1. The molecule has 0 bridgehead atoms. The molecule has 0 saturated heterocycles. The van der Waals surface area contributed by atoms with E-state index in [-0.39, 0.29) is 19.3 Å². The SMILES string of the molecule is CCSc1ccc(C(N)COCC(=O)O)cc1. The standard InChI is InChI=1S/C12H17NO3S/c1-2-17-10-5-3-9(4-6-10)11(13)7-16-8-12(14)15/h3-6,11H,2,7-8,13H2,1H3,(H,14,15). The predicted molar refractivity (Wildman–Crippen MR) is 68.2 cm³/mol. The largest absolute Gasteiger partial charge is 0.480 e. The number of ether oxygens (including phenoxy) is 1. The summed E-state index contributed by atoms with van der Waals surface area (Å²) in [5, 5.41) is 8.42. The summed E-state index contributed by atoms with van der Waals surface area (Å²) in [6, 6.07) is 7.65. The number of nitrogens with two attached hydrogens (primary N) is 1. The van der Waals surface area contributed by atoms with E-state index in [0.29, 0.717) is 0 Å². The predicted octanol–water partition coefficient (Wildman–Crippen LogP) is 1.90. The Labute approximate surface area is 105 Å². The van der Waals surface area contributed by atoms with Crippen molar-refractivity contribution in [3.8, 4) is 0 Å². The van der Waals surface area contributed by atoms with Crippen LogP contribution in [0, 0.1) is 0 Å². The minimum absolute atomic E-state index is 0.215. The molecule has 1 atom stereocenters. The first-order chi connectivity index (χ1) is 8.13. The van der Waals surface area contributed by atoms with Crippen molar-refractivity contribution in [3.63, 3.8) is 0 Å². The summed E-state index contributed by atoms with van der Waals surface area (Å²) in [6.45, 7) is 2.01. The average Bonchev–Trinajstić information content (AvgIpc) is 2.30. The van der Waals surface area contributed by atoms with Crippen molar-refractivity contribution in [2.75, 3.05) is 19.0 Å².